The third-order valence-electron chi connectivity index (χ3n) is 12.2. The van der Waals surface area contributed by atoms with Crippen LogP contribution in [0.25, 0.3) is 0 Å². The van der Waals surface area contributed by atoms with E-state index in [4.69, 9.17) is 5.73 Å². The highest BCUT2D eigenvalue weighted by molar-refractivity contribution is 5.99. The van der Waals surface area contributed by atoms with Crippen LogP contribution in [-0.2, 0) is 52.7 Å². The topological polar surface area (TPSA) is 408 Å². The fourth-order valence-corrected chi connectivity index (χ4v) is 7.86. The van der Waals surface area contributed by atoms with E-state index < -0.39 is 132 Å². The van der Waals surface area contributed by atoms with Crippen LogP contribution in [0.3, 0.4) is 0 Å². The van der Waals surface area contributed by atoms with Gasteiger partial charge < -0.3 is 74.6 Å². The van der Waals surface area contributed by atoms with Crippen molar-refractivity contribution in [2.24, 2.45) is 23.5 Å². The summed E-state index contributed by atoms with van der Waals surface area (Å²) >= 11 is 0. The van der Waals surface area contributed by atoms with Crippen molar-refractivity contribution in [3.63, 3.8) is 0 Å². The van der Waals surface area contributed by atoms with E-state index in [1.807, 2.05) is 32.9 Å². The zero-order chi connectivity index (χ0) is 60.9. The van der Waals surface area contributed by atoms with E-state index in [9.17, 15) is 62.6 Å². The number of carboxylic acid groups (broad SMARTS) is 1. The van der Waals surface area contributed by atoms with Crippen LogP contribution in [0.5, 0.6) is 0 Å². The number of nitrogens with two attached hydrogens (primary N) is 1. The number of primary amides is 1. The molecule has 0 radical (unpaired) electrons. The molecule has 80 heavy (non-hydrogen) atoms. The fourth-order valence-electron chi connectivity index (χ4n) is 7.86. The van der Waals surface area contributed by atoms with Gasteiger partial charge in [-0.25, -0.2) is 9.78 Å². The quantitative estimate of drug-likeness (QED) is 0.0378. The van der Waals surface area contributed by atoms with Gasteiger partial charge in [0.15, 0.2) is 0 Å². The van der Waals surface area contributed by atoms with Crippen molar-refractivity contribution < 1.29 is 62.6 Å². The number of aromatic nitrogens is 1. The number of hydrogen-bond donors (Lipinski definition) is 14. The first-order chi connectivity index (χ1) is 37.4. The van der Waals surface area contributed by atoms with Crippen LogP contribution in [0.2, 0.25) is 0 Å². The zero-order valence-electron chi connectivity index (χ0n) is 48.6. The maximum atomic E-state index is 14.0. The molecule has 0 aliphatic rings. The number of carbonyl (C=O) groups is 12. The molecule has 0 bridgehead atoms. The second-order valence-electron chi connectivity index (χ2n) is 21.6. The smallest absolute Gasteiger partial charge is 0.312 e. The van der Waals surface area contributed by atoms with Gasteiger partial charge in [0.25, 0.3) is 0 Å². The molecule has 0 aliphatic heterocycles. The minimum atomic E-state index is -1.66. The van der Waals surface area contributed by atoms with Gasteiger partial charge in [-0.05, 0) is 115 Å². The number of unbranched alkanes of at least 4 members (excludes halogenated alkanes) is 1. The monoisotopic (exact) mass is 1130 g/mol. The average Bonchev–Trinajstić information content (AvgIpc) is 3.36. The summed E-state index contributed by atoms with van der Waals surface area (Å²) in [5.74, 6) is -8.56. The van der Waals surface area contributed by atoms with Crippen molar-refractivity contribution in [2.45, 2.75) is 188 Å². The largest absolute Gasteiger partial charge is 0.481 e. The Hall–Kier alpha value is -7.61. The Labute approximate surface area is 469 Å². The lowest BCUT2D eigenvalue weighted by Crippen LogP contribution is -2.62. The van der Waals surface area contributed by atoms with E-state index in [0.29, 0.717) is 31.6 Å². The highest BCUT2D eigenvalue weighted by Gasteiger charge is 2.37. The Bertz CT molecular complexity index is 2280. The minimum Gasteiger partial charge on any atom is -0.481 e. The normalized spacial score (nSPS) is 13.8. The number of pyridine rings is 1. The van der Waals surface area contributed by atoms with E-state index in [0.717, 1.165) is 5.56 Å². The molecule has 27 nitrogen and oxygen atoms in total. The summed E-state index contributed by atoms with van der Waals surface area (Å²) < 4.78 is 0. The molecule has 0 fully saturated rings. The van der Waals surface area contributed by atoms with E-state index in [-0.39, 0.29) is 62.8 Å². The zero-order valence-corrected chi connectivity index (χ0v) is 48.6. The van der Waals surface area contributed by atoms with Crippen LogP contribution in [0.15, 0.2) is 18.3 Å². The predicted octanol–water partition coefficient (Wildman–Crippen LogP) is -0.386. The van der Waals surface area contributed by atoms with Crippen molar-refractivity contribution in [3.05, 3.63) is 23.9 Å². The third kappa shape index (κ3) is 28.3. The number of rotatable bonds is 37. The van der Waals surface area contributed by atoms with Crippen molar-refractivity contribution in [3.8, 4) is 0 Å². The molecule has 450 valence electrons. The average molecular weight is 1130 g/mol. The number of urea groups is 1. The number of aliphatic carboxylic acids is 1. The molecular formula is C53H90N14O13. The van der Waals surface area contributed by atoms with Crippen LogP contribution < -0.4 is 69.5 Å². The van der Waals surface area contributed by atoms with Crippen molar-refractivity contribution in [2.75, 3.05) is 32.0 Å². The lowest BCUT2D eigenvalue weighted by molar-refractivity contribution is -0.141. The highest BCUT2D eigenvalue weighted by Crippen LogP contribution is 2.13. The first kappa shape index (κ1) is 70.4. The van der Waals surface area contributed by atoms with Crippen LogP contribution in [0, 0.1) is 24.7 Å². The SMILES string of the molecule is CC[C@H](NC(=O)[C@H](C)NC(=O)[C@H](CC(C)C)NC(=O)[C@H](CC(=O)O)NC(=O)CNC(=O)CCCCNc1cc(C)ccn1)C(=O)N[C@@H](CC(C)C)C(=O)N[C@@H](CCCNC(N)=O)C(=O)NC(C)(C)C(=O)N[C@@H](CC(C)C)C(=O)NC. The molecule has 0 saturated heterocycles. The molecule has 0 aromatic carbocycles. The molecule has 0 aliphatic carbocycles. The molecule has 15 N–H and O–H groups in total. The molecule has 1 rings (SSSR count). The Morgan fingerprint density at radius 1 is 0.600 bits per heavy atom. The van der Waals surface area contributed by atoms with Gasteiger partial charge in [0.05, 0.1) is 13.0 Å². The number of carboxylic acids is 1. The Balaban J connectivity index is 3.10. The van der Waals surface area contributed by atoms with Gasteiger partial charge >= 0.3 is 12.0 Å². The Morgan fingerprint density at radius 3 is 1.65 bits per heavy atom. The number of nitrogens with zero attached hydrogens (tertiary/aromatic N) is 1. The van der Waals surface area contributed by atoms with E-state index in [2.05, 4.69) is 68.8 Å². The molecule has 1 aromatic rings. The van der Waals surface area contributed by atoms with Crippen molar-refractivity contribution in [1.82, 2.24) is 63.5 Å². The van der Waals surface area contributed by atoms with Crippen molar-refractivity contribution >= 4 is 76.9 Å². The summed E-state index contributed by atoms with van der Waals surface area (Å²) in [6, 6.07) is -6.08. The number of likely N-dealkylation sites (N-methyl/N-ethyl adjacent to an activating group) is 1. The maximum absolute atomic E-state index is 14.0. The van der Waals surface area contributed by atoms with Crippen molar-refractivity contribution in [1.29, 1.82) is 0 Å². The van der Waals surface area contributed by atoms with E-state index in [1.54, 1.807) is 40.8 Å². The first-order valence-corrected chi connectivity index (χ1v) is 27.2. The number of amides is 12. The van der Waals surface area contributed by atoms with E-state index >= 15 is 0 Å². The van der Waals surface area contributed by atoms with Gasteiger partial charge in [0, 0.05) is 32.8 Å². The number of carbonyl (C=O) groups excluding carboxylic acids is 11. The van der Waals surface area contributed by atoms with Gasteiger partial charge in [-0.2, -0.15) is 0 Å². The molecule has 0 saturated carbocycles. The molecular weight excluding hydrogens is 1040 g/mol. The van der Waals surface area contributed by atoms with Gasteiger partial charge in [0.1, 0.15) is 53.6 Å². The van der Waals surface area contributed by atoms with Crippen LogP contribution >= 0.6 is 0 Å². The molecule has 1 aromatic heterocycles. The lowest BCUT2D eigenvalue weighted by Gasteiger charge is -2.31. The standard InChI is InChI=1S/C53H90N14O13/c1-13-34(46(74)64-38(25-31(6)7)48(76)63-35(17-16-21-58-52(54)80)50(78)67-53(10,11)51(79)66-36(23-29(2)3)45(73)55-12)62-44(72)33(9)60-47(75)37(24-30(4)5)65-49(77)39(27-43(70)71)61-42(69)28-59-41(68)18-14-15-20-56-40-26-32(8)19-22-57-40/h19,22,26,29-31,33-39H,13-18,20-21,23-25,27-28H2,1-12H3,(H,55,73)(H,56,57)(H,59,68)(H,60,75)(H,61,69)(H,62,72)(H,63,76)(H,64,74)(H,65,77)(H,66,79)(H,67,78)(H,70,71)(H3,54,58,80)/t33-,34-,35-,36-,37-,38-,39-/m0/s1. The Kier molecular flexibility index (Phi) is 31.5. The summed E-state index contributed by atoms with van der Waals surface area (Å²) in [6.45, 7) is 18.6. The summed E-state index contributed by atoms with van der Waals surface area (Å²) in [6.07, 6.45) is 2.54. The molecule has 12 amide bonds. The number of anilines is 1. The lowest BCUT2D eigenvalue weighted by atomic mass is 9.98. The number of hydrogen-bond acceptors (Lipinski definition) is 14. The Morgan fingerprint density at radius 2 is 1.12 bits per heavy atom. The molecule has 0 spiro atoms. The summed E-state index contributed by atoms with van der Waals surface area (Å²) in [4.78, 5) is 161. The third-order valence-corrected chi connectivity index (χ3v) is 12.2. The predicted molar refractivity (Wildman–Crippen MR) is 298 cm³/mol. The summed E-state index contributed by atoms with van der Waals surface area (Å²) in [5.41, 5.74) is 4.65. The summed E-state index contributed by atoms with van der Waals surface area (Å²) in [7, 11) is 1.43. The number of nitrogens with one attached hydrogen (secondary N) is 12. The molecule has 0 unspecified atom stereocenters. The van der Waals surface area contributed by atoms with Crippen LogP contribution in [0.4, 0.5) is 10.6 Å². The molecule has 27 heteroatoms. The number of aryl methyl sites for hydroxylation is 1. The minimum absolute atomic E-state index is 0.0123. The summed E-state index contributed by atoms with van der Waals surface area (Å²) in [5, 5.41) is 40.6. The van der Waals surface area contributed by atoms with Gasteiger partial charge in [-0.1, -0.05) is 48.5 Å². The molecule has 1 heterocycles. The van der Waals surface area contributed by atoms with Crippen LogP contribution in [-0.4, -0.2) is 156 Å². The van der Waals surface area contributed by atoms with E-state index in [1.165, 1.54) is 27.8 Å². The second-order valence-corrected chi connectivity index (χ2v) is 21.6. The van der Waals surface area contributed by atoms with Gasteiger partial charge in [-0.15, -0.1) is 0 Å². The molecule has 7 atom stereocenters. The fraction of sp³-hybridized carbons (Fsp3) is 0.679. The van der Waals surface area contributed by atoms with Gasteiger partial charge in [-0.3, -0.25) is 52.7 Å². The second kappa shape index (κ2) is 35.8. The van der Waals surface area contributed by atoms with Crippen LogP contribution in [0.1, 0.15) is 139 Å². The first-order valence-electron chi connectivity index (χ1n) is 27.2. The highest BCUT2D eigenvalue weighted by atomic mass is 16.4. The van der Waals surface area contributed by atoms with Gasteiger partial charge in [0.2, 0.25) is 59.1 Å². The maximum Gasteiger partial charge on any atom is 0.312 e.